The number of hydrogen-bond acceptors (Lipinski definition) is 7. The van der Waals surface area contributed by atoms with Crippen molar-refractivity contribution >= 4 is 21.6 Å². The molecule has 1 heterocycles. The number of halogens is 3. The number of sulfone groups is 1. The van der Waals surface area contributed by atoms with E-state index in [1.54, 1.807) is 0 Å². The lowest BCUT2D eigenvalue weighted by molar-refractivity contribution is -0.0664. The molecule has 2 rings (SSSR count). The third kappa shape index (κ3) is 3.82. The van der Waals surface area contributed by atoms with Gasteiger partial charge in [-0.2, -0.15) is 9.37 Å². The highest BCUT2D eigenvalue weighted by molar-refractivity contribution is 7.92. The Kier molecular flexibility index (Phi) is 5.59. The van der Waals surface area contributed by atoms with Gasteiger partial charge in [0.2, 0.25) is 5.95 Å². The summed E-state index contributed by atoms with van der Waals surface area (Å²) in [6.45, 7) is 2.95. The number of nitrogen functional groups attached to an aromatic ring is 2. The predicted molar refractivity (Wildman–Crippen MR) is 90.1 cm³/mol. The van der Waals surface area contributed by atoms with Gasteiger partial charge in [-0.3, -0.25) is 0 Å². The van der Waals surface area contributed by atoms with Crippen molar-refractivity contribution in [2.75, 3.05) is 11.5 Å². The number of hydrogen-bond donors (Lipinski definition) is 2. The van der Waals surface area contributed by atoms with Gasteiger partial charge >= 0.3 is 6.43 Å². The van der Waals surface area contributed by atoms with Crippen LogP contribution in [-0.4, -0.2) is 36.4 Å². The molecule has 0 aliphatic carbocycles. The molecule has 1 atom stereocenters. The molecule has 0 fully saturated rings. The van der Waals surface area contributed by atoms with E-state index in [0.717, 1.165) is 0 Å². The first kappa shape index (κ1) is 19.8. The van der Waals surface area contributed by atoms with Crippen molar-refractivity contribution in [3.63, 3.8) is 0 Å². The van der Waals surface area contributed by atoms with Gasteiger partial charge in [-0.1, -0.05) is 18.2 Å². The molecule has 7 nitrogen and oxygen atoms in total. The minimum absolute atomic E-state index is 0.0153. The molecule has 0 radical (unpaired) electrons. The predicted octanol–water partition coefficient (Wildman–Crippen LogP) is 2.43. The van der Waals surface area contributed by atoms with Crippen LogP contribution in [0.1, 0.15) is 13.8 Å². The first-order valence-corrected chi connectivity index (χ1v) is 8.95. The number of rotatable bonds is 6. The van der Waals surface area contributed by atoms with Gasteiger partial charge in [0.05, 0.1) is 10.1 Å². The highest BCUT2D eigenvalue weighted by Crippen LogP contribution is 2.38. The molecular weight excluding hydrogens is 373 g/mol. The van der Waals surface area contributed by atoms with Gasteiger partial charge in [0.1, 0.15) is 5.69 Å². The lowest BCUT2D eigenvalue weighted by atomic mass is 10.1. The van der Waals surface area contributed by atoms with Crippen molar-refractivity contribution in [1.29, 1.82) is 0 Å². The lowest BCUT2D eigenvalue weighted by Crippen LogP contribution is -2.22. The molecule has 0 aliphatic heterocycles. The maximum atomic E-state index is 13.4. The molecule has 0 aliphatic rings. The van der Waals surface area contributed by atoms with Gasteiger partial charge in [0, 0.05) is 5.56 Å². The maximum absolute atomic E-state index is 13.4. The Labute approximate surface area is 148 Å². The summed E-state index contributed by atoms with van der Waals surface area (Å²) in [4.78, 5) is 7.24. The molecule has 2 aromatic rings. The molecule has 1 aromatic heterocycles. The van der Waals surface area contributed by atoms with Gasteiger partial charge in [-0.25, -0.2) is 22.2 Å². The Bertz CT molecular complexity index is 907. The van der Waals surface area contributed by atoms with Crippen LogP contribution in [0.4, 0.5) is 24.9 Å². The topological polar surface area (TPSA) is 121 Å². The first-order valence-electron chi connectivity index (χ1n) is 7.40. The van der Waals surface area contributed by atoms with Crippen LogP contribution < -0.4 is 16.2 Å². The van der Waals surface area contributed by atoms with Crippen LogP contribution in [0.15, 0.2) is 29.2 Å². The van der Waals surface area contributed by atoms with E-state index in [2.05, 4.69) is 14.7 Å². The molecule has 0 spiro atoms. The summed E-state index contributed by atoms with van der Waals surface area (Å²) in [7, 11) is -3.78. The molecular formula is C15H17F3N4O3S. The molecule has 0 saturated heterocycles. The number of aromatic nitrogens is 2. The average molecular weight is 390 g/mol. The van der Waals surface area contributed by atoms with Gasteiger partial charge < -0.3 is 16.2 Å². The lowest BCUT2D eigenvalue weighted by Gasteiger charge is -2.18. The van der Waals surface area contributed by atoms with E-state index in [9.17, 15) is 21.6 Å². The minimum Gasteiger partial charge on any atom is -0.448 e. The number of ether oxygens (including phenoxy) is 1. The van der Waals surface area contributed by atoms with E-state index in [1.165, 1.54) is 38.1 Å². The third-order valence-electron chi connectivity index (χ3n) is 3.41. The Morgan fingerprint density at radius 1 is 1.08 bits per heavy atom. The second kappa shape index (κ2) is 7.36. The van der Waals surface area contributed by atoms with Crippen LogP contribution in [0.2, 0.25) is 0 Å². The zero-order valence-electron chi connectivity index (χ0n) is 13.9. The average Bonchev–Trinajstić information content (AvgIpc) is 2.56. The second-order valence-corrected chi connectivity index (χ2v) is 8.01. The summed E-state index contributed by atoms with van der Waals surface area (Å²) in [5.41, 5.74) is 10.8. The SMILES string of the molecule is CC(C)S(=O)(=O)c1ccccc1-c1nc(N)nc(N)c1OC(F)C(F)F. The van der Waals surface area contributed by atoms with Crippen LogP contribution in [0.5, 0.6) is 5.75 Å². The number of anilines is 2. The fraction of sp³-hybridized carbons (Fsp3) is 0.333. The summed E-state index contributed by atoms with van der Waals surface area (Å²) in [6.07, 6.45) is -6.45. The van der Waals surface area contributed by atoms with Crippen molar-refractivity contribution in [3.8, 4) is 17.0 Å². The van der Waals surface area contributed by atoms with Gasteiger partial charge in [-0.05, 0) is 19.9 Å². The van der Waals surface area contributed by atoms with Crippen LogP contribution in [0.25, 0.3) is 11.3 Å². The normalized spacial score (nSPS) is 13.2. The van der Waals surface area contributed by atoms with E-state index < -0.39 is 39.4 Å². The molecule has 0 bridgehead atoms. The molecule has 142 valence electrons. The van der Waals surface area contributed by atoms with Crippen molar-refractivity contribution in [2.45, 2.75) is 36.8 Å². The van der Waals surface area contributed by atoms with E-state index in [1.807, 2.05) is 0 Å². The van der Waals surface area contributed by atoms with Crippen LogP contribution in [0, 0.1) is 0 Å². The van der Waals surface area contributed by atoms with Crippen molar-refractivity contribution in [3.05, 3.63) is 24.3 Å². The monoisotopic (exact) mass is 390 g/mol. The van der Waals surface area contributed by atoms with E-state index in [4.69, 9.17) is 11.5 Å². The summed E-state index contributed by atoms with van der Waals surface area (Å²) >= 11 is 0. The fourth-order valence-corrected chi connectivity index (χ4v) is 3.36. The zero-order chi connectivity index (χ0) is 19.6. The van der Waals surface area contributed by atoms with E-state index in [-0.39, 0.29) is 22.1 Å². The van der Waals surface area contributed by atoms with Gasteiger partial charge in [0.15, 0.2) is 21.4 Å². The highest BCUT2D eigenvalue weighted by atomic mass is 32.2. The van der Waals surface area contributed by atoms with Crippen LogP contribution in [0.3, 0.4) is 0 Å². The van der Waals surface area contributed by atoms with Crippen LogP contribution in [-0.2, 0) is 9.84 Å². The fourth-order valence-electron chi connectivity index (χ4n) is 2.11. The largest absolute Gasteiger partial charge is 0.448 e. The van der Waals surface area contributed by atoms with E-state index >= 15 is 0 Å². The van der Waals surface area contributed by atoms with Gasteiger partial charge in [0.25, 0.3) is 6.36 Å². The smallest absolute Gasteiger partial charge is 0.304 e. The molecule has 1 aromatic carbocycles. The van der Waals surface area contributed by atoms with Crippen molar-refractivity contribution in [2.24, 2.45) is 0 Å². The minimum atomic E-state index is -3.78. The first-order chi connectivity index (χ1) is 12.1. The summed E-state index contributed by atoms with van der Waals surface area (Å²) in [5.74, 6) is -1.46. The maximum Gasteiger partial charge on any atom is 0.304 e. The molecule has 0 amide bonds. The van der Waals surface area contributed by atoms with Gasteiger partial charge in [-0.15, -0.1) is 0 Å². The molecule has 26 heavy (non-hydrogen) atoms. The Balaban J connectivity index is 2.74. The molecule has 4 N–H and O–H groups in total. The third-order valence-corrected chi connectivity index (χ3v) is 5.62. The second-order valence-electron chi connectivity index (χ2n) is 5.54. The molecule has 11 heteroatoms. The van der Waals surface area contributed by atoms with Crippen molar-refractivity contribution in [1.82, 2.24) is 9.97 Å². The Morgan fingerprint density at radius 2 is 1.69 bits per heavy atom. The quantitative estimate of drug-likeness (QED) is 0.777. The van der Waals surface area contributed by atoms with Crippen molar-refractivity contribution < 1.29 is 26.3 Å². The summed E-state index contributed by atoms with van der Waals surface area (Å²) < 4.78 is 68.2. The number of alkyl halides is 3. The van der Waals surface area contributed by atoms with E-state index in [0.29, 0.717) is 0 Å². The van der Waals surface area contributed by atoms with Crippen LogP contribution >= 0.6 is 0 Å². The zero-order valence-corrected chi connectivity index (χ0v) is 14.7. The number of nitrogens with two attached hydrogens (primary N) is 2. The number of benzene rings is 1. The standard InChI is InChI=1S/C15H17F3N4O3S/c1-7(2)26(23,24)9-6-4-3-5-8(9)10-11(25-13(18)12(16)17)14(19)22-15(20)21-10/h3-7,12-13H,1-2H3,(H4,19,20,21,22). The molecule has 0 saturated carbocycles. The number of nitrogens with zero attached hydrogens (tertiary/aromatic N) is 2. The summed E-state index contributed by atoms with van der Waals surface area (Å²) in [6, 6.07) is 5.64. The Hall–Kier alpha value is -2.56. The summed E-state index contributed by atoms with van der Waals surface area (Å²) in [5, 5.41) is -0.778. The molecule has 1 unspecified atom stereocenters. The highest BCUT2D eigenvalue weighted by Gasteiger charge is 2.29. The Morgan fingerprint density at radius 3 is 2.27 bits per heavy atom.